The zero-order valence-corrected chi connectivity index (χ0v) is 71.7. The number of fused-ring (bicyclic) bond motifs is 6. The minimum Gasteiger partial charge on any atom is -0.493 e. The third-order valence-corrected chi connectivity index (χ3v) is 24.4. The highest BCUT2D eigenvalue weighted by atomic mass is 16.5. The number of amides is 4. The molecular formula is C98H115N17O9. The molecule has 0 bridgehead atoms. The van der Waals surface area contributed by atoms with Crippen LogP contribution in [0.3, 0.4) is 0 Å². The second-order valence-electron chi connectivity index (χ2n) is 32.9. The van der Waals surface area contributed by atoms with Crippen molar-refractivity contribution < 1.29 is 43.8 Å². The summed E-state index contributed by atoms with van der Waals surface area (Å²) in [6, 6.07) is 63.0. The van der Waals surface area contributed by atoms with Crippen molar-refractivity contribution in [3.63, 3.8) is 0 Å². The topological polar surface area (TPSA) is 297 Å². The molecule has 0 spiro atoms. The molecule has 10 heterocycles. The minimum absolute atomic E-state index is 0.00607. The van der Waals surface area contributed by atoms with Crippen LogP contribution in [-0.4, -0.2) is 155 Å². The van der Waals surface area contributed by atoms with E-state index in [9.17, 15) is 34.5 Å². The summed E-state index contributed by atoms with van der Waals surface area (Å²) >= 11 is 0. The maximum Gasteiger partial charge on any atom is 0.272 e. The molecular weight excluding hydrogens is 1560 g/mol. The van der Waals surface area contributed by atoms with E-state index >= 15 is 0 Å². The average Bonchev–Trinajstić information content (AvgIpc) is 1.66. The second kappa shape index (κ2) is 41.9. The van der Waals surface area contributed by atoms with Crippen LogP contribution in [0.25, 0.3) is 0 Å². The van der Waals surface area contributed by atoms with Crippen LogP contribution in [0, 0.1) is 6.92 Å². The summed E-state index contributed by atoms with van der Waals surface area (Å²) in [5.74, 6) is 1.47. The molecule has 0 saturated heterocycles. The molecule has 1 aliphatic carbocycles. The number of nitrogens with zero attached hydrogens (tertiary/aromatic N) is 13. The molecule has 1 atom stereocenters. The SMILES string of the molecule is CC(NC(=O)c1nn(CCO)c2c1CN(Cc1cccc3c1OCC3)CC2)c1ccccc1.CCc1ccc(CN2CCc3c(c(C(=O)NCc4ccccc4)nn3CCO)C2)cc1.Cc1ccccc1CN1CCc2c(c(C(=O)NCc3ccccc3)nn2CCO)C1.Cn1nc(C(=O)NCc2ccccc2)c2c1CCN(Cc1noc3c1CCCC3)C2. The van der Waals surface area contributed by atoms with E-state index in [0.717, 1.165) is 195 Å². The third-order valence-electron chi connectivity index (χ3n) is 24.4. The third kappa shape index (κ3) is 21.4. The number of carbonyl (C=O) groups is 4. The zero-order chi connectivity index (χ0) is 85.8. The highest BCUT2D eigenvalue weighted by Crippen LogP contribution is 2.35. The first-order valence-electron chi connectivity index (χ1n) is 43.8. The molecule has 4 amide bonds. The van der Waals surface area contributed by atoms with Gasteiger partial charge in [-0.1, -0.05) is 200 Å². The molecule has 5 aliphatic heterocycles. The highest BCUT2D eigenvalue weighted by Gasteiger charge is 2.35. The van der Waals surface area contributed by atoms with E-state index in [4.69, 9.17) is 9.26 Å². The van der Waals surface area contributed by atoms with Crippen LogP contribution >= 0.6 is 0 Å². The summed E-state index contributed by atoms with van der Waals surface area (Å²) in [4.78, 5) is 61.5. The van der Waals surface area contributed by atoms with E-state index in [0.29, 0.717) is 88.2 Å². The highest BCUT2D eigenvalue weighted by molar-refractivity contribution is 5.96. The predicted octanol–water partition coefficient (Wildman–Crippen LogP) is 11.2. The largest absolute Gasteiger partial charge is 0.493 e. The fourth-order valence-corrected chi connectivity index (χ4v) is 17.7. The average molecular weight is 1680 g/mol. The van der Waals surface area contributed by atoms with Gasteiger partial charge in [-0.05, 0) is 89.6 Å². The molecule has 18 rings (SSSR count). The summed E-state index contributed by atoms with van der Waals surface area (Å²) in [5, 5.41) is 63.2. The number of nitrogens with one attached hydrogen (secondary N) is 4. The summed E-state index contributed by atoms with van der Waals surface area (Å²) in [6.45, 7) is 19.2. The predicted molar refractivity (Wildman–Crippen MR) is 473 cm³/mol. The van der Waals surface area contributed by atoms with Gasteiger partial charge in [0, 0.05) is 200 Å². The molecule has 0 fully saturated rings. The number of benzene rings is 7. The number of ether oxygens (including phenoxy) is 1. The van der Waals surface area contributed by atoms with Crippen LogP contribution in [-0.2, 0) is 150 Å². The number of aliphatic hydroxyl groups excluding tert-OH is 3. The van der Waals surface area contributed by atoms with Gasteiger partial charge in [0.25, 0.3) is 23.6 Å². The van der Waals surface area contributed by atoms with Gasteiger partial charge < -0.3 is 45.8 Å². The van der Waals surface area contributed by atoms with E-state index < -0.39 is 0 Å². The van der Waals surface area contributed by atoms with Gasteiger partial charge >= 0.3 is 0 Å². The molecule has 12 aromatic rings. The van der Waals surface area contributed by atoms with Crippen LogP contribution in [0.2, 0.25) is 0 Å². The van der Waals surface area contributed by atoms with Gasteiger partial charge in [-0.2, -0.15) is 20.4 Å². The standard InChI is InChI=1S/C26H30N4O3.C25H30N4O2.C24H28N4O2.C23H27N5O2/c1-18(19-6-3-2-4-7-19)27-26(32)24-22-17-29(12-10-23(22)30(28-24)13-14-31)16-21-9-5-8-20-11-15-33-25(20)21;1-2-19-8-10-21(11-9-19)17-28-13-12-23-22(18-28)24(27-29(23)14-15-30)25(31)26-16-20-6-4-3-5-7-20;1-18-7-5-6-10-20(18)16-27-12-11-22-21(17-27)23(26-28(22)13-14-29)24(30)25-15-19-8-3-2-4-9-19;1-27-20-11-12-28(15-19-17-9-5-6-10-21(17)30-26-19)14-18(20)22(25-27)23(29)24-13-16-7-3-2-4-8-16/h2-9,18,31H,10-17H2,1H3,(H,27,32);3-11,30H,2,12-18H2,1H3,(H,26,31);2-10,29H,11-17H2,1H3,(H,25,30);2-4,7-8H,5-6,9-15H2,1H3,(H,24,29). The second-order valence-corrected chi connectivity index (χ2v) is 32.9. The van der Waals surface area contributed by atoms with Crippen molar-refractivity contribution in [1.29, 1.82) is 0 Å². The van der Waals surface area contributed by atoms with Crippen molar-refractivity contribution >= 4 is 23.6 Å². The minimum atomic E-state index is -0.176. The fraction of sp³-hybridized carbons (Fsp3) is 0.378. The summed E-state index contributed by atoms with van der Waals surface area (Å²) in [6.07, 6.45) is 9.77. The van der Waals surface area contributed by atoms with Crippen molar-refractivity contribution in [1.82, 2.24) is 85.1 Å². The van der Waals surface area contributed by atoms with Crippen LogP contribution in [0.5, 0.6) is 5.75 Å². The number of para-hydroxylation sites is 1. The first-order chi connectivity index (χ1) is 60.6. The van der Waals surface area contributed by atoms with Crippen molar-refractivity contribution in [2.45, 2.75) is 183 Å². The van der Waals surface area contributed by atoms with Crippen LogP contribution in [0.15, 0.2) is 193 Å². The Kier molecular flexibility index (Phi) is 29.4. The van der Waals surface area contributed by atoms with Gasteiger partial charge in [-0.25, -0.2) is 0 Å². The first kappa shape index (κ1) is 86.9. The summed E-state index contributed by atoms with van der Waals surface area (Å²) < 4.78 is 18.7. The van der Waals surface area contributed by atoms with Crippen molar-refractivity contribution in [2.75, 3.05) is 52.6 Å². The smallest absolute Gasteiger partial charge is 0.272 e. The number of hydrogen-bond donors (Lipinski definition) is 7. The van der Waals surface area contributed by atoms with E-state index in [1.165, 1.54) is 51.8 Å². The normalized spacial score (nSPS) is 15.0. The quantitative estimate of drug-likeness (QED) is 0.0252. The van der Waals surface area contributed by atoms with Crippen LogP contribution in [0.1, 0.15) is 192 Å². The van der Waals surface area contributed by atoms with Crippen molar-refractivity contribution in [3.05, 3.63) is 329 Å². The van der Waals surface area contributed by atoms with Gasteiger partial charge in [-0.15, -0.1) is 0 Å². The van der Waals surface area contributed by atoms with Crippen molar-refractivity contribution in [2.24, 2.45) is 7.05 Å². The van der Waals surface area contributed by atoms with Gasteiger partial charge in [-0.3, -0.25) is 57.5 Å². The molecule has 0 radical (unpaired) electrons. The van der Waals surface area contributed by atoms with Gasteiger partial charge in [0.1, 0.15) is 17.2 Å². The number of carbonyl (C=O) groups excluding carboxylic acids is 4. The van der Waals surface area contributed by atoms with Crippen LogP contribution in [0.4, 0.5) is 0 Å². The Labute approximate surface area is 725 Å². The number of aromatic nitrogens is 9. The molecule has 26 heteroatoms. The lowest BCUT2D eigenvalue weighted by Crippen LogP contribution is -2.33. The summed E-state index contributed by atoms with van der Waals surface area (Å²) in [7, 11) is 1.93. The number of aliphatic hydroxyl groups is 3. The lowest BCUT2D eigenvalue weighted by atomic mass is 9.96. The molecule has 124 heavy (non-hydrogen) atoms. The number of hydrogen-bond acceptors (Lipinski definition) is 18. The van der Waals surface area contributed by atoms with Gasteiger partial charge in [0.15, 0.2) is 22.8 Å². The molecule has 6 aliphatic rings. The van der Waals surface area contributed by atoms with E-state index in [2.05, 4.69) is 147 Å². The Morgan fingerprint density at radius 2 is 0.855 bits per heavy atom. The Hall–Kier alpha value is -12.0. The Morgan fingerprint density at radius 1 is 0.427 bits per heavy atom. The van der Waals surface area contributed by atoms with E-state index in [1.807, 2.05) is 140 Å². The van der Waals surface area contributed by atoms with Crippen molar-refractivity contribution in [3.8, 4) is 5.75 Å². The van der Waals surface area contributed by atoms with Gasteiger partial charge in [0.05, 0.1) is 52.1 Å². The number of rotatable bonds is 27. The molecule has 646 valence electrons. The van der Waals surface area contributed by atoms with E-state index in [-0.39, 0.29) is 49.5 Å². The Balaban J connectivity index is 0.000000128. The molecule has 1 unspecified atom stereocenters. The number of aryl methyl sites for hydroxylation is 4. The Bertz CT molecular complexity index is 5590. The molecule has 26 nitrogen and oxygen atoms in total. The first-order valence-corrected chi connectivity index (χ1v) is 43.8. The lowest BCUT2D eigenvalue weighted by molar-refractivity contribution is 0.0925. The fourth-order valence-electron chi connectivity index (χ4n) is 17.7. The Morgan fingerprint density at radius 3 is 1.36 bits per heavy atom. The molecule has 7 N–H and O–H groups in total. The van der Waals surface area contributed by atoms with Crippen LogP contribution < -0.4 is 26.0 Å². The summed E-state index contributed by atoms with van der Waals surface area (Å²) in [5.41, 5.74) is 24.5. The maximum absolute atomic E-state index is 13.2. The van der Waals surface area contributed by atoms with E-state index in [1.54, 1.807) is 14.0 Å². The zero-order valence-electron chi connectivity index (χ0n) is 71.7. The molecule has 7 aromatic carbocycles. The molecule has 5 aromatic heterocycles. The lowest BCUT2D eigenvalue weighted by Gasteiger charge is -2.28. The maximum atomic E-state index is 13.2. The monoisotopic (exact) mass is 1670 g/mol. The van der Waals surface area contributed by atoms with Gasteiger partial charge in [0.2, 0.25) is 0 Å². The molecule has 0 saturated carbocycles.